The lowest BCUT2D eigenvalue weighted by atomic mass is 10.00. The smallest absolute Gasteiger partial charge is 0.128 e. The molecule has 1 aromatic rings. The standard InChI is InChI=1S/C16H22FNO/c1-3-9-18-16(15-6-4-5-10-19-15)13-11-12(2)7-8-14(13)17/h6-8,11,16,18H,3-5,9-10H2,1-2H3. The maximum atomic E-state index is 14.1. The summed E-state index contributed by atoms with van der Waals surface area (Å²) in [6, 6.07) is 5.07. The number of allylic oxidation sites excluding steroid dienone is 1. The van der Waals surface area contributed by atoms with Crippen LogP contribution in [0, 0.1) is 12.7 Å². The van der Waals surface area contributed by atoms with Gasteiger partial charge in [0, 0.05) is 5.56 Å². The summed E-state index contributed by atoms with van der Waals surface area (Å²) in [7, 11) is 0. The Kier molecular flexibility index (Phi) is 4.97. The van der Waals surface area contributed by atoms with Crippen molar-refractivity contribution in [1.29, 1.82) is 0 Å². The van der Waals surface area contributed by atoms with E-state index >= 15 is 0 Å². The van der Waals surface area contributed by atoms with E-state index < -0.39 is 0 Å². The van der Waals surface area contributed by atoms with Crippen LogP contribution >= 0.6 is 0 Å². The first-order chi connectivity index (χ1) is 9.22. The molecular formula is C16H22FNO. The van der Waals surface area contributed by atoms with Crippen LogP contribution in [0.4, 0.5) is 4.39 Å². The topological polar surface area (TPSA) is 21.3 Å². The Balaban J connectivity index is 2.30. The summed E-state index contributed by atoms with van der Waals surface area (Å²) in [6.07, 6.45) is 5.14. The lowest BCUT2D eigenvalue weighted by Gasteiger charge is -2.25. The SMILES string of the molecule is CCCNC(C1=CCCCO1)c1cc(C)ccc1F. The van der Waals surface area contributed by atoms with Crippen molar-refractivity contribution in [2.75, 3.05) is 13.2 Å². The Morgan fingerprint density at radius 1 is 1.42 bits per heavy atom. The summed E-state index contributed by atoms with van der Waals surface area (Å²) in [5, 5.41) is 3.39. The third kappa shape index (κ3) is 3.57. The molecule has 104 valence electrons. The number of nitrogens with one attached hydrogen (secondary N) is 1. The molecule has 1 aromatic carbocycles. The second kappa shape index (κ2) is 6.71. The van der Waals surface area contributed by atoms with Gasteiger partial charge in [0.2, 0.25) is 0 Å². The van der Waals surface area contributed by atoms with Gasteiger partial charge in [-0.2, -0.15) is 0 Å². The number of hydrogen-bond donors (Lipinski definition) is 1. The molecule has 0 spiro atoms. The van der Waals surface area contributed by atoms with Crippen molar-refractivity contribution in [1.82, 2.24) is 5.32 Å². The number of rotatable bonds is 5. The van der Waals surface area contributed by atoms with Gasteiger partial charge in [-0.05, 0) is 44.9 Å². The highest BCUT2D eigenvalue weighted by atomic mass is 19.1. The van der Waals surface area contributed by atoms with Crippen molar-refractivity contribution in [3.05, 3.63) is 47.0 Å². The lowest BCUT2D eigenvalue weighted by molar-refractivity contribution is 0.166. The van der Waals surface area contributed by atoms with Gasteiger partial charge in [0.15, 0.2) is 0 Å². The van der Waals surface area contributed by atoms with Crippen molar-refractivity contribution in [3.8, 4) is 0 Å². The Hall–Kier alpha value is -1.35. The van der Waals surface area contributed by atoms with Gasteiger partial charge >= 0.3 is 0 Å². The third-order valence-electron chi connectivity index (χ3n) is 3.31. The first-order valence-corrected chi connectivity index (χ1v) is 7.04. The number of benzene rings is 1. The van der Waals surface area contributed by atoms with Crippen molar-refractivity contribution in [2.24, 2.45) is 0 Å². The number of aryl methyl sites for hydroxylation is 1. The molecule has 2 rings (SSSR count). The molecule has 0 bridgehead atoms. The van der Waals surface area contributed by atoms with Gasteiger partial charge in [-0.3, -0.25) is 0 Å². The van der Waals surface area contributed by atoms with E-state index in [0.717, 1.165) is 43.7 Å². The largest absolute Gasteiger partial charge is 0.496 e. The average molecular weight is 263 g/mol. The first kappa shape index (κ1) is 14.1. The Labute approximate surface area is 114 Å². The zero-order chi connectivity index (χ0) is 13.7. The van der Waals surface area contributed by atoms with Crippen LogP contribution in [0.1, 0.15) is 43.4 Å². The molecule has 1 heterocycles. The summed E-state index contributed by atoms with van der Waals surface area (Å²) in [5.41, 5.74) is 1.75. The van der Waals surface area contributed by atoms with E-state index in [2.05, 4.69) is 18.3 Å². The summed E-state index contributed by atoms with van der Waals surface area (Å²) >= 11 is 0. The number of ether oxygens (including phenoxy) is 1. The van der Waals surface area contributed by atoms with E-state index in [1.54, 1.807) is 6.07 Å². The van der Waals surface area contributed by atoms with Crippen LogP contribution < -0.4 is 5.32 Å². The predicted octanol–water partition coefficient (Wildman–Crippen LogP) is 3.87. The fraction of sp³-hybridized carbons (Fsp3) is 0.500. The summed E-state index contributed by atoms with van der Waals surface area (Å²) in [6.45, 7) is 5.66. The van der Waals surface area contributed by atoms with Gasteiger partial charge in [-0.1, -0.05) is 24.6 Å². The van der Waals surface area contributed by atoms with Crippen LogP contribution in [0.2, 0.25) is 0 Å². The van der Waals surface area contributed by atoms with Gasteiger partial charge in [-0.15, -0.1) is 0 Å². The highest BCUT2D eigenvalue weighted by Crippen LogP contribution is 2.28. The Morgan fingerprint density at radius 2 is 2.26 bits per heavy atom. The van der Waals surface area contributed by atoms with Gasteiger partial charge in [0.05, 0.1) is 12.6 Å². The molecule has 19 heavy (non-hydrogen) atoms. The fourth-order valence-corrected chi connectivity index (χ4v) is 2.31. The molecule has 1 N–H and O–H groups in total. The molecule has 0 aromatic heterocycles. The summed E-state index contributed by atoms with van der Waals surface area (Å²) in [5.74, 6) is 0.693. The van der Waals surface area contributed by atoms with E-state index in [4.69, 9.17) is 4.74 Å². The third-order valence-corrected chi connectivity index (χ3v) is 3.31. The molecule has 1 aliphatic heterocycles. The molecule has 3 heteroatoms. The number of hydrogen-bond acceptors (Lipinski definition) is 2. The molecule has 1 atom stereocenters. The van der Waals surface area contributed by atoms with Crippen molar-refractivity contribution < 1.29 is 9.13 Å². The molecule has 0 fully saturated rings. The highest BCUT2D eigenvalue weighted by Gasteiger charge is 2.22. The van der Waals surface area contributed by atoms with E-state index in [0.29, 0.717) is 5.56 Å². The highest BCUT2D eigenvalue weighted by molar-refractivity contribution is 5.31. The van der Waals surface area contributed by atoms with Gasteiger partial charge in [0.25, 0.3) is 0 Å². The molecule has 0 radical (unpaired) electrons. The van der Waals surface area contributed by atoms with Crippen LogP contribution in [-0.4, -0.2) is 13.2 Å². The second-order valence-electron chi connectivity index (χ2n) is 5.01. The van der Waals surface area contributed by atoms with Crippen LogP contribution in [0.25, 0.3) is 0 Å². The van der Waals surface area contributed by atoms with E-state index in [1.807, 2.05) is 13.0 Å². The summed E-state index contributed by atoms with van der Waals surface area (Å²) < 4.78 is 19.8. The minimum Gasteiger partial charge on any atom is -0.496 e. The lowest BCUT2D eigenvalue weighted by Crippen LogP contribution is -2.27. The van der Waals surface area contributed by atoms with Crippen LogP contribution in [0.3, 0.4) is 0 Å². The molecule has 1 aliphatic rings. The maximum Gasteiger partial charge on any atom is 0.128 e. The van der Waals surface area contributed by atoms with Crippen LogP contribution in [-0.2, 0) is 4.74 Å². The number of halogens is 1. The molecule has 0 saturated carbocycles. The minimum atomic E-state index is -0.172. The maximum absolute atomic E-state index is 14.1. The Morgan fingerprint density at radius 3 is 2.95 bits per heavy atom. The van der Waals surface area contributed by atoms with E-state index in [-0.39, 0.29) is 11.9 Å². The van der Waals surface area contributed by atoms with Gasteiger partial charge < -0.3 is 10.1 Å². The zero-order valence-corrected chi connectivity index (χ0v) is 11.7. The normalized spacial score (nSPS) is 16.7. The van der Waals surface area contributed by atoms with Crippen LogP contribution in [0.5, 0.6) is 0 Å². The average Bonchev–Trinajstić information content (AvgIpc) is 2.44. The molecule has 0 amide bonds. The van der Waals surface area contributed by atoms with Crippen molar-refractivity contribution >= 4 is 0 Å². The first-order valence-electron chi connectivity index (χ1n) is 7.04. The molecule has 1 unspecified atom stereocenters. The predicted molar refractivity (Wildman–Crippen MR) is 75.4 cm³/mol. The molecule has 0 aliphatic carbocycles. The van der Waals surface area contributed by atoms with Crippen molar-refractivity contribution in [3.63, 3.8) is 0 Å². The van der Waals surface area contributed by atoms with E-state index in [1.165, 1.54) is 6.07 Å². The zero-order valence-electron chi connectivity index (χ0n) is 11.7. The van der Waals surface area contributed by atoms with Gasteiger partial charge in [0.1, 0.15) is 11.6 Å². The molecular weight excluding hydrogens is 241 g/mol. The quantitative estimate of drug-likeness (QED) is 0.870. The molecule has 0 saturated heterocycles. The monoisotopic (exact) mass is 263 g/mol. The Bertz CT molecular complexity index is 456. The second-order valence-corrected chi connectivity index (χ2v) is 5.01. The van der Waals surface area contributed by atoms with Gasteiger partial charge in [-0.25, -0.2) is 4.39 Å². The van der Waals surface area contributed by atoms with Crippen LogP contribution in [0.15, 0.2) is 30.0 Å². The molecule has 2 nitrogen and oxygen atoms in total. The summed E-state index contributed by atoms with van der Waals surface area (Å²) in [4.78, 5) is 0. The fourth-order valence-electron chi connectivity index (χ4n) is 2.31. The van der Waals surface area contributed by atoms with Crippen molar-refractivity contribution in [2.45, 2.75) is 39.2 Å². The van der Waals surface area contributed by atoms with E-state index in [9.17, 15) is 4.39 Å². The minimum absolute atomic E-state index is 0.167.